The number of piperidine rings is 1. The summed E-state index contributed by atoms with van der Waals surface area (Å²) < 4.78 is 23.7. The highest BCUT2D eigenvalue weighted by Gasteiger charge is 2.49. The molecule has 0 spiro atoms. The number of likely N-dealkylation sites (tertiary alicyclic amines) is 1. The third kappa shape index (κ3) is 4.61. The Morgan fingerprint density at radius 3 is 2.27 bits per heavy atom. The molecule has 4 aliphatic rings. The van der Waals surface area contributed by atoms with Gasteiger partial charge in [-0.15, -0.1) is 6.42 Å². The van der Waals surface area contributed by atoms with E-state index in [1.165, 1.54) is 77.4 Å². The quantitative estimate of drug-likeness (QED) is 0.367. The van der Waals surface area contributed by atoms with Crippen LogP contribution in [0.15, 0.2) is 53.4 Å². The van der Waals surface area contributed by atoms with Gasteiger partial charge in [-0.05, 0) is 105 Å². The summed E-state index contributed by atoms with van der Waals surface area (Å²) in [6.45, 7) is 5.73. The first kappa shape index (κ1) is 25.0. The molecule has 3 fully saturated rings. The zero-order chi connectivity index (χ0) is 25.5. The molecule has 0 amide bonds. The number of fused-ring (bicyclic) bond motifs is 1. The maximum absolute atomic E-state index is 11.9. The van der Waals surface area contributed by atoms with Crippen LogP contribution in [0.1, 0.15) is 62.5 Å². The average molecular weight is 517 g/mol. The fourth-order valence-electron chi connectivity index (χ4n) is 8.32. The van der Waals surface area contributed by atoms with Crippen molar-refractivity contribution in [2.75, 3.05) is 37.6 Å². The molecule has 1 saturated carbocycles. The fraction of sp³-hybridized carbons (Fsp3) is 0.562. The van der Waals surface area contributed by atoms with Crippen LogP contribution in [0.4, 0.5) is 5.69 Å². The van der Waals surface area contributed by atoms with Gasteiger partial charge in [0.1, 0.15) is 0 Å². The highest BCUT2D eigenvalue weighted by Crippen LogP contribution is 2.55. The van der Waals surface area contributed by atoms with Gasteiger partial charge in [-0.2, -0.15) is 0 Å². The number of terminal acetylenes is 1. The van der Waals surface area contributed by atoms with Gasteiger partial charge in [-0.1, -0.05) is 37.1 Å². The molecule has 1 atom stereocenters. The molecule has 1 unspecified atom stereocenters. The minimum absolute atomic E-state index is 0.203. The lowest BCUT2D eigenvalue weighted by molar-refractivity contribution is 0.0648. The minimum atomic E-state index is -3.60. The van der Waals surface area contributed by atoms with Crippen molar-refractivity contribution in [2.24, 2.45) is 17.8 Å². The second-order valence-electron chi connectivity index (χ2n) is 12.0. The molecule has 0 N–H and O–H groups in total. The lowest BCUT2D eigenvalue weighted by Gasteiger charge is -2.52. The molecule has 37 heavy (non-hydrogen) atoms. The number of hydrogen-bond donors (Lipinski definition) is 0. The Morgan fingerprint density at radius 2 is 1.57 bits per heavy atom. The van der Waals surface area contributed by atoms with Crippen molar-refractivity contribution in [1.29, 1.82) is 0 Å². The van der Waals surface area contributed by atoms with Crippen LogP contribution in [0.5, 0.6) is 0 Å². The highest BCUT2D eigenvalue weighted by molar-refractivity contribution is 7.96. The van der Waals surface area contributed by atoms with Crippen LogP contribution in [-0.2, 0) is 21.7 Å². The average Bonchev–Trinajstić information content (AvgIpc) is 3.46. The van der Waals surface area contributed by atoms with E-state index in [1.54, 1.807) is 23.3 Å². The highest BCUT2D eigenvalue weighted by atomic mass is 32.2. The molecule has 2 aromatic rings. The normalized spacial score (nSPS) is 26.0. The second kappa shape index (κ2) is 10.1. The summed E-state index contributed by atoms with van der Waals surface area (Å²) in [7, 11) is -3.60. The van der Waals surface area contributed by atoms with Crippen LogP contribution >= 0.6 is 0 Å². The summed E-state index contributed by atoms with van der Waals surface area (Å²) in [6, 6.07) is 16.5. The zero-order valence-corrected chi connectivity index (χ0v) is 22.8. The van der Waals surface area contributed by atoms with Gasteiger partial charge >= 0.3 is 0 Å². The van der Waals surface area contributed by atoms with Gasteiger partial charge in [0.25, 0.3) is 0 Å². The van der Waals surface area contributed by atoms with Crippen LogP contribution in [0.3, 0.4) is 0 Å². The van der Waals surface area contributed by atoms with Crippen molar-refractivity contribution >= 4 is 15.5 Å². The van der Waals surface area contributed by atoms with E-state index >= 15 is 0 Å². The van der Waals surface area contributed by atoms with Gasteiger partial charge in [-0.3, -0.25) is 0 Å². The van der Waals surface area contributed by atoms with Gasteiger partial charge in [0.2, 0.25) is 9.84 Å². The maximum Gasteiger partial charge on any atom is 0.244 e. The summed E-state index contributed by atoms with van der Waals surface area (Å²) in [6.07, 6.45) is 17.6. The molecule has 2 aliphatic heterocycles. The molecule has 4 nitrogen and oxygen atoms in total. The lowest BCUT2D eigenvalue weighted by Crippen LogP contribution is -2.54. The number of nitrogens with zero attached hydrogens (tertiary/aromatic N) is 2. The number of anilines is 1. The Morgan fingerprint density at radius 1 is 0.892 bits per heavy atom. The summed E-state index contributed by atoms with van der Waals surface area (Å²) >= 11 is 0. The lowest BCUT2D eigenvalue weighted by atomic mass is 9.54. The molecule has 5 heteroatoms. The fourth-order valence-corrected chi connectivity index (χ4v) is 8.95. The van der Waals surface area contributed by atoms with Gasteiger partial charge in [0.05, 0.1) is 4.90 Å². The molecule has 0 radical (unpaired) electrons. The van der Waals surface area contributed by atoms with Crippen molar-refractivity contribution in [3.63, 3.8) is 0 Å². The first-order valence-electron chi connectivity index (χ1n) is 14.4. The first-order valence-corrected chi connectivity index (χ1v) is 15.9. The second-order valence-corrected chi connectivity index (χ2v) is 13.7. The summed E-state index contributed by atoms with van der Waals surface area (Å²) in [5.74, 6) is 2.39. The summed E-state index contributed by atoms with van der Waals surface area (Å²) in [5, 5.41) is 1.89. The van der Waals surface area contributed by atoms with E-state index in [9.17, 15) is 8.42 Å². The van der Waals surface area contributed by atoms with Gasteiger partial charge in [-0.25, -0.2) is 8.42 Å². The summed E-state index contributed by atoms with van der Waals surface area (Å²) in [5.41, 5.74) is 4.87. The maximum atomic E-state index is 11.9. The van der Waals surface area contributed by atoms with E-state index in [0.717, 1.165) is 30.6 Å². The largest absolute Gasteiger partial charge is 0.371 e. The molecule has 2 aliphatic carbocycles. The monoisotopic (exact) mass is 516 g/mol. The Bertz CT molecular complexity index is 1240. The molecular formula is C32H40N2O2S. The summed E-state index contributed by atoms with van der Waals surface area (Å²) in [4.78, 5) is 5.27. The third-order valence-electron chi connectivity index (χ3n) is 10.1. The van der Waals surface area contributed by atoms with Crippen molar-refractivity contribution in [3.05, 3.63) is 59.7 Å². The topological polar surface area (TPSA) is 40.6 Å². The first-order chi connectivity index (χ1) is 18.0. The van der Waals surface area contributed by atoms with Crippen LogP contribution in [0.2, 0.25) is 0 Å². The van der Waals surface area contributed by atoms with E-state index in [-0.39, 0.29) is 4.90 Å². The van der Waals surface area contributed by atoms with Gasteiger partial charge in [0, 0.05) is 41.9 Å². The van der Waals surface area contributed by atoms with Crippen molar-refractivity contribution in [2.45, 2.75) is 68.1 Å². The predicted molar refractivity (Wildman–Crippen MR) is 150 cm³/mol. The molecule has 2 saturated heterocycles. The predicted octanol–water partition coefficient (Wildman–Crippen LogP) is 5.66. The van der Waals surface area contributed by atoms with Crippen LogP contribution in [0.25, 0.3) is 0 Å². The molecule has 196 valence electrons. The number of rotatable bonds is 6. The van der Waals surface area contributed by atoms with E-state index in [2.05, 4.69) is 34.1 Å². The van der Waals surface area contributed by atoms with Crippen molar-refractivity contribution < 1.29 is 8.42 Å². The smallest absolute Gasteiger partial charge is 0.244 e. The number of sulfone groups is 1. The van der Waals surface area contributed by atoms with Gasteiger partial charge < -0.3 is 9.80 Å². The molecule has 2 heterocycles. The van der Waals surface area contributed by atoms with E-state index < -0.39 is 9.84 Å². The molecule has 0 bridgehead atoms. The van der Waals surface area contributed by atoms with Crippen LogP contribution in [-0.4, -0.2) is 46.0 Å². The SMILES string of the molecule is C#CS(=O)(=O)c1ccc(N2CC(CN3CCC(C4(C5CCCC5)CCCc5ccccc54)CC3)C2)cc1. The molecular weight excluding hydrogens is 476 g/mol. The van der Waals surface area contributed by atoms with Crippen molar-refractivity contribution in [3.8, 4) is 11.7 Å². The third-order valence-corrected chi connectivity index (χ3v) is 11.3. The Labute approximate surface area is 223 Å². The minimum Gasteiger partial charge on any atom is -0.371 e. The van der Waals surface area contributed by atoms with E-state index in [1.807, 2.05) is 17.4 Å². The van der Waals surface area contributed by atoms with Crippen LogP contribution in [0, 0.1) is 29.4 Å². The van der Waals surface area contributed by atoms with Gasteiger partial charge in [0.15, 0.2) is 0 Å². The molecule has 0 aromatic heterocycles. The number of aryl methyl sites for hydroxylation is 1. The molecule has 2 aromatic carbocycles. The Balaban J connectivity index is 1.06. The standard InChI is InChI=1S/C32H40N2O2S/c1-2-37(35,36)30-15-13-29(14-16-30)34-23-25(24-34)22-33-20-17-28(18-21-33)32(27-10-4-5-11-27)19-7-9-26-8-3-6-12-31(26)32/h1,3,6,8,12-16,25,27-28H,4-5,7,9-11,17-24H2. The Kier molecular flexibility index (Phi) is 6.84. The van der Waals surface area contributed by atoms with Crippen LogP contribution < -0.4 is 4.90 Å². The number of benzene rings is 2. The van der Waals surface area contributed by atoms with E-state index in [0.29, 0.717) is 11.3 Å². The Hall–Kier alpha value is -2.29. The van der Waals surface area contributed by atoms with Crippen molar-refractivity contribution in [1.82, 2.24) is 4.90 Å². The van der Waals surface area contributed by atoms with E-state index in [4.69, 9.17) is 6.42 Å². The number of hydrogen-bond acceptors (Lipinski definition) is 4. The zero-order valence-electron chi connectivity index (χ0n) is 21.9. The molecule has 6 rings (SSSR count).